The zero-order chi connectivity index (χ0) is 19.9. The van der Waals surface area contributed by atoms with Gasteiger partial charge in [-0.15, -0.1) is 0 Å². The van der Waals surface area contributed by atoms with Crippen molar-refractivity contribution in [1.29, 1.82) is 0 Å². The first kappa shape index (κ1) is 22.0. The lowest BCUT2D eigenvalue weighted by Crippen LogP contribution is -2.50. The van der Waals surface area contributed by atoms with Crippen LogP contribution in [-0.4, -0.2) is 0 Å². The molecular formula is C26H48. The number of allylic oxidation sites excluding steroid dienone is 1. The van der Waals surface area contributed by atoms with Gasteiger partial charge in [-0.2, -0.15) is 0 Å². The predicted octanol–water partition coefficient (Wildman–Crippen LogP) is 8.52. The monoisotopic (exact) mass is 360 g/mol. The van der Waals surface area contributed by atoms with Gasteiger partial charge in [0, 0.05) is 0 Å². The normalized spacial score (nSPS) is 37.5. The molecule has 0 heteroatoms. The molecule has 0 radical (unpaired) electrons. The van der Waals surface area contributed by atoms with Crippen LogP contribution in [0.15, 0.2) is 12.2 Å². The van der Waals surface area contributed by atoms with Crippen LogP contribution in [0.4, 0.5) is 0 Å². The molecule has 6 unspecified atom stereocenters. The Labute approximate surface area is 165 Å². The van der Waals surface area contributed by atoms with Gasteiger partial charge in [0.2, 0.25) is 0 Å². The quantitative estimate of drug-likeness (QED) is 0.416. The first-order valence-electron chi connectivity index (χ1n) is 11.5. The molecule has 0 bridgehead atoms. The standard InChI is InChI=1S/C26H48/c1-11-20-22-13-12-21(19(4)5)25(22,9)16-15-23(20)26(10,24(6,7)8)17-14-18(2)3/h18,20-23H,4,11-17H2,1-3,5-10H3. The van der Waals surface area contributed by atoms with E-state index in [1.54, 1.807) is 0 Å². The minimum atomic E-state index is 0.375. The van der Waals surface area contributed by atoms with Crippen molar-refractivity contribution >= 4 is 0 Å². The number of fused-ring (bicyclic) bond motifs is 1. The van der Waals surface area contributed by atoms with Crippen LogP contribution in [0, 0.1) is 45.8 Å². The topological polar surface area (TPSA) is 0 Å². The van der Waals surface area contributed by atoms with Crippen LogP contribution in [0.2, 0.25) is 0 Å². The third kappa shape index (κ3) is 3.68. The summed E-state index contributed by atoms with van der Waals surface area (Å²) < 4.78 is 0. The van der Waals surface area contributed by atoms with Crippen LogP contribution in [0.3, 0.4) is 0 Å². The molecule has 6 atom stereocenters. The fourth-order valence-corrected chi connectivity index (χ4v) is 7.16. The maximum Gasteiger partial charge on any atom is -0.0152 e. The van der Waals surface area contributed by atoms with Crippen LogP contribution >= 0.6 is 0 Å². The van der Waals surface area contributed by atoms with Crippen molar-refractivity contribution in [3.8, 4) is 0 Å². The average Bonchev–Trinajstić information content (AvgIpc) is 2.87. The molecule has 0 heterocycles. The second-order valence-corrected chi connectivity index (χ2v) is 11.9. The zero-order valence-corrected chi connectivity index (χ0v) is 19.5. The minimum absolute atomic E-state index is 0.375. The van der Waals surface area contributed by atoms with Gasteiger partial charge in [-0.25, -0.2) is 0 Å². The van der Waals surface area contributed by atoms with Gasteiger partial charge < -0.3 is 0 Å². The molecule has 0 saturated heterocycles. The van der Waals surface area contributed by atoms with Gasteiger partial charge in [0.05, 0.1) is 0 Å². The highest BCUT2D eigenvalue weighted by atomic mass is 14.6. The number of hydrogen-bond donors (Lipinski definition) is 0. The average molecular weight is 361 g/mol. The van der Waals surface area contributed by atoms with Crippen LogP contribution in [0.1, 0.15) is 107 Å². The van der Waals surface area contributed by atoms with E-state index in [2.05, 4.69) is 68.9 Å². The predicted molar refractivity (Wildman–Crippen MR) is 117 cm³/mol. The summed E-state index contributed by atoms with van der Waals surface area (Å²) in [7, 11) is 0. The Kier molecular flexibility index (Phi) is 6.47. The lowest BCUT2D eigenvalue weighted by Gasteiger charge is -2.58. The van der Waals surface area contributed by atoms with E-state index in [0.717, 1.165) is 29.6 Å². The second kappa shape index (κ2) is 7.63. The van der Waals surface area contributed by atoms with E-state index in [4.69, 9.17) is 0 Å². The summed E-state index contributed by atoms with van der Waals surface area (Å²) >= 11 is 0. The van der Waals surface area contributed by atoms with Crippen molar-refractivity contribution in [2.45, 2.75) is 107 Å². The van der Waals surface area contributed by atoms with Gasteiger partial charge in [-0.05, 0) is 84.9 Å². The van der Waals surface area contributed by atoms with Crippen LogP contribution in [0.25, 0.3) is 0 Å². The Balaban J connectivity index is 2.36. The second-order valence-electron chi connectivity index (χ2n) is 11.9. The van der Waals surface area contributed by atoms with Gasteiger partial charge >= 0.3 is 0 Å². The molecule has 2 fully saturated rings. The molecule has 2 aliphatic rings. The van der Waals surface area contributed by atoms with E-state index in [1.165, 1.54) is 50.5 Å². The van der Waals surface area contributed by atoms with Crippen molar-refractivity contribution in [1.82, 2.24) is 0 Å². The smallest absolute Gasteiger partial charge is 0.0152 e. The van der Waals surface area contributed by atoms with E-state index in [-0.39, 0.29) is 0 Å². The van der Waals surface area contributed by atoms with E-state index in [0.29, 0.717) is 16.2 Å². The Morgan fingerprint density at radius 1 is 1.12 bits per heavy atom. The summed E-state index contributed by atoms with van der Waals surface area (Å²) in [6.07, 6.45) is 9.80. The summed E-state index contributed by atoms with van der Waals surface area (Å²) in [6, 6.07) is 0. The van der Waals surface area contributed by atoms with Crippen LogP contribution in [0.5, 0.6) is 0 Å². The highest BCUT2D eigenvalue weighted by Gasteiger charge is 2.57. The molecule has 2 rings (SSSR count). The largest absolute Gasteiger partial charge is 0.0998 e. The van der Waals surface area contributed by atoms with Gasteiger partial charge in [0.25, 0.3) is 0 Å². The Morgan fingerprint density at radius 2 is 1.73 bits per heavy atom. The summed E-state index contributed by atoms with van der Waals surface area (Å²) in [5.74, 6) is 4.26. The summed E-state index contributed by atoms with van der Waals surface area (Å²) in [5, 5.41) is 0. The molecule has 0 aromatic carbocycles. The molecule has 26 heavy (non-hydrogen) atoms. The van der Waals surface area contributed by atoms with E-state index >= 15 is 0 Å². The Morgan fingerprint density at radius 3 is 2.19 bits per heavy atom. The van der Waals surface area contributed by atoms with Crippen molar-refractivity contribution in [3.63, 3.8) is 0 Å². The first-order valence-corrected chi connectivity index (χ1v) is 11.5. The molecule has 0 nitrogen and oxygen atoms in total. The van der Waals surface area contributed by atoms with Crippen molar-refractivity contribution in [3.05, 3.63) is 12.2 Å². The minimum Gasteiger partial charge on any atom is -0.0998 e. The molecule has 0 N–H and O–H groups in total. The van der Waals surface area contributed by atoms with Crippen LogP contribution < -0.4 is 0 Å². The number of hydrogen-bond acceptors (Lipinski definition) is 0. The van der Waals surface area contributed by atoms with Gasteiger partial charge in [-0.1, -0.05) is 80.4 Å². The molecule has 0 aromatic rings. The molecule has 0 amide bonds. The van der Waals surface area contributed by atoms with Crippen molar-refractivity contribution < 1.29 is 0 Å². The zero-order valence-electron chi connectivity index (χ0n) is 19.5. The maximum absolute atomic E-state index is 4.38. The maximum atomic E-state index is 4.38. The van der Waals surface area contributed by atoms with E-state index in [1.807, 2.05) is 0 Å². The van der Waals surface area contributed by atoms with Crippen molar-refractivity contribution in [2.24, 2.45) is 45.8 Å². The molecule has 152 valence electrons. The Bertz CT molecular complexity index is 493. The fourth-order valence-electron chi connectivity index (χ4n) is 7.16. The molecule has 0 spiro atoms. The first-order chi connectivity index (χ1) is 11.9. The molecule has 0 aliphatic heterocycles. The van der Waals surface area contributed by atoms with E-state index < -0.39 is 0 Å². The molecule has 0 aromatic heterocycles. The molecule has 2 aliphatic carbocycles. The van der Waals surface area contributed by atoms with Crippen LogP contribution in [-0.2, 0) is 0 Å². The lowest BCUT2D eigenvalue weighted by molar-refractivity contribution is -0.0856. The molecule has 2 saturated carbocycles. The van der Waals surface area contributed by atoms with Gasteiger partial charge in [0.15, 0.2) is 0 Å². The van der Waals surface area contributed by atoms with Gasteiger partial charge in [-0.3, -0.25) is 0 Å². The fraction of sp³-hybridized carbons (Fsp3) is 0.923. The SMILES string of the molecule is C=C(C)C1CCC2C(CC)C(C(C)(CCC(C)C)C(C)(C)C)CCC12C. The third-order valence-electron chi connectivity index (χ3n) is 9.28. The highest BCUT2D eigenvalue weighted by molar-refractivity contribution is 5.14. The highest BCUT2D eigenvalue weighted by Crippen LogP contribution is 2.66. The Hall–Kier alpha value is -0.260. The molecular weight excluding hydrogens is 312 g/mol. The number of rotatable bonds is 6. The van der Waals surface area contributed by atoms with Crippen molar-refractivity contribution in [2.75, 3.05) is 0 Å². The summed E-state index contributed by atoms with van der Waals surface area (Å²) in [6.45, 7) is 26.7. The van der Waals surface area contributed by atoms with E-state index in [9.17, 15) is 0 Å². The lowest BCUT2D eigenvalue weighted by atomic mass is 9.47. The third-order valence-corrected chi connectivity index (χ3v) is 9.28. The summed E-state index contributed by atoms with van der Waals surface area (Å²) in [5.41, 5.74) is 2.78. The summed E-state index contributed by atoms with van der Waals surface area (Å²) in [4.78, 5) is 0. The van der Waals surface area contributed by atoms with Gasteiger partial charge in [0.1, 0.15) is 0 Å².